The lowest BCUT2D eigenvalue weighted by molar-refractivity contribution is -0.119. The zero-order valence-corrected chi connectivity index (χ0v) is 13.7. The fraction of sp³-hybridized carbons (Fsp3) is 0.125. The Balaban J connectivity index is 2.24. The Labute approximate surface area is 144 Å². The smallest absolute Gasteiger partial charge is 0.257 e. The van der Waals surface area contributed by atoms with E-state index in [1.54, 1.807) is 24.3 Å². The van der Waals surface area contributed by atoms with Crippen molar-refractivity contribution in [3.8, 4) is 0 Å². The van der Waals surface area contributed by atoms with Crippen molar-refractivity contribution in [3.63, 3.8) is 0 Å². The lowest BCUT2D eigenvalue weighted by Crippen LogP contribution is -2.46. The molecule has 0 aromatic heterocycles. The molecule has 0 unspecified atom stereocenters. The Morgan fingerprint density at radius 2 is 1.71 bits per heavy atom. The minimum absolute atomic E-state index is 0.0208. The van der Waals surface area contributed by atoms with Gasteiger partial charge >= 0.3 is 0 Å². The van der Waals surface area contributed by atoms with Crippen LogP contribution in [0, 0.1) is 17.5 Å². The molecule has 2 amide bonds. The second-order valence-corrected chi connectivity index (χ2v) is 5.82. The highest BCUT2D eigenvalue weighted by Crippen LogP contribution is 2.18. The average Bonchev–Trinajstić information content (AvgIpc) is 2.47. The molecule has 0 spiro atoms. The molecule has 0 aliphatic rings. The first kappa shape index (κ1) is 18.0. The van der Waals surface area contributed by atoms with Gasteiger partial charge < -0.3 is 11.1 Å². The molecule has 4 nitrogen and oxygen atoms in total. The Morgan fingerprint density at radius 1 is 1.12 bits per heavy atom. The van der Waals surface area contributed by atoms with Crippen molar-refractivity contribution in [1.82, 2.24) is 5.32 Å². The number of carbonyl (C=O) groups excluding carboxylic acids is 2. The highest BCUT2D eigenvalue weighted by Gasteiger charge is 2.25. The maximum absolute atomic E-state index is 13.6. The molecule has 126 valence electrons. The van der Waals surface area contributed by atoms with Crippen LogP contribution in [0.5, 0.6) is 0 Å². The summed E-state index contributed by atoms with van der Waals surface area (Å²) in [5.74, 6) is -5.95. The monoisotopic (exact) mass is 400 g/mol. The number of primary amides is 1. The first-order valence-electron chi connectivity index (χ1n) is 6.77. The molecule has 2 rings (SSSR count). The van der Waals surface area contributed by atoms with E-state index in [0.29, 0.717) is 22.2 Å². The minimum atomic E-state index is -1.37. The van der Waals surface area contributed by atoms with Crippen molar-refractivity contribution in [2.75, 3.05) is 0 Å². The van der Waals surface area contributed by atoms with Gasteiger partial charge in [-0.25, -0.2) is 13.2 Å². The van der Waals surface area contributed by atoms with E-state index >= 15 is 0 Å². The van der Waals surface area contributed by atoms with Crippen LogP contribution in [-0.2, 0) is 11.2 Å². The molecule has 0 aliphatic heterocycles. The van der Waals surface area contributed by atoms with E-state index in [1.165, 1.54) is 0 Å². The molecular formula is C16H12BrF3N2O2. The number of carbonyl (C=O) groups is 2. The van der Waals surface area contributed by atoms with E-state index in [1.807, 2.05) is 0 Å². The van der Waals surface area contributed by atoms with Crippen LogP contribution in [0.3, 0.4) is 0 Å². The van der Waals surface area contributed by atoms with Crippen LogP contribution in [0.4, 0.5) is 13.2 Å². The summed E-state index contributed by atoms with van der Waals surface area (Å²) in [4.78, 5) is 23.6. The minimum Gasteiger partial charge on any atom is -0.368 e. The highest BCUT2D eigenvalue weighted by molar-refractivity contribution is 9.10. The van der Waals surface area contributed by atoms with Crippen LogP contribution in [0.25, 0.3) is 0 Å². The number of nitrogens with two attached hydrogens (primary N) is 1. The molecule has 3 N–H and O–H groups in total. The number of rotatable bonds is 5. The van der Waals surface area contributed by atoms with Crippen LogP contribution < -0.4 is 11.1 Å². The predicted molar refractivity (Wildman–Crippen MR) is 84.6 cm³/mol. The lowest BCUT2D eigenvalue weighted by Gasteiger charge is -2.17. The van der Waals surface area contributed by atoms with Crippen molar-refractivity contribution >= 4 is 27.7 Å². The predicted octanol–water partition coefficient (Wildman–Crippen LogP) is 2.69. The third-order valence-corrected chi connectivity index (χ3v) is 4.04. The number of nitrogens with one attached hydrogen (secondary N) is 1. The Morgan fingerprint density at radius 3 is 2.25 bits per heavy atom. The molecule has 0 fully saturated rings. The Kier molecular flexibility index (Phi) is 5.61. The van der Waals surface area contributed by atoms with E-state index in [4.69, 9.17) is 5.73 Å². The van der Waals surface area contributed by atoms with Gasteiger partial charge in [0, 0.05) is 23.0 Å². The highest BCUT2D eigenvalue weighted by atomic mass is 79.9. The molecule has 0 radical (unpaired) electrons. The second-order valence-electron chi connectivity index (χ2n) is 4.97. The number of benzene rings is 2. The lowest BCUT2D eigenvalue weighted by atomic mass is 10.0. The summed E-state index contributed by atoms with van der Waals surface area (Å²) in [6, 6.07) is 6.48. The van der Waals surface area contributed by atoms with Gasteiger partial charge in [-0.1, -0.05) is 34.1 Å². The van der Waals surface area contributed by atoms with Crippen LogP contribution >= 0.6 is 15.9 Å². The topological polar surface area (TPSA) is 72.2 Å². The summed E-state index contributed by atoms with van der Waals surface area (Å²) < 4.78 is 40.9. The molecule has 24 heavy (non-hydrogen) atoms. The molecule has 0 saturated heterocycles. The van der Waals surface area contributed by atoms with Crippen molar-refractivity contribution in [1.29, 1.82) is 0 Å². The molecule has 2 aromatic carbocycles. The summed E-state index contributed by atoms with van der Waals surface area (Å²) in [6.07, 6.45) is 0.0208. The standard InChI is InChI=1S/C16H12BrF3N2O2/c17-10-4-2-1-3-8(10)5-13(15(21)23)22-16(24)14-11(19)6-9(18)7-12(14)20/h1-4,6-7,13H,5H2,(H2,21,23)(H,22,24)/t13-/m0/s1. The molecular weight excluding hydrogens is 389 g/mol. The fourth-order valence-corrected chi connectivity index (χ4v) is 2.54. The van der Waals surface area contributed by atoms with E-state index in [9.17, 15) is 22.8 Å². The summed E-state index contributed by atoms with van der Waals surface area (Å²) in [5.41, 5.74) is 4.94. The Bertz CT molecular complexity index is 776. The maximum atomic E-state index is 13.6. The molecule has 0 heterocycles. The van der Waals surface area contributed by atoms with Crippen molar-refractivity contribution in [2.24, 2.45) is 5.73 Å². The van der Waals surface area contributed by atoms with Crippen LogP contribution in [0.1, 0.15) is 15.9 Å². The average molecular weight is 401 g/mol. The number of halogens is 4. The SMILES string of the molecule is NC(=O)[C@H](Cc1ccccc1Br)NC(=O)c1c(F)cc(F)cc1F. The van der Waals surface area contributed by atoms with Gasteiger partial charge in [0.2, 0.25) is 5.91 Å². The van der Waals surface area contributed by atoms with Crippen molar-refractivity contribution in [2.45, 2.75) is 12.5 Å². The van der Waals surface area contributed by atoms with E-state index in [0.717, 1.165) is 0 Å². The molecule has 0 saturated carbocycles. The van der Waals surface area contributed by atoms with Gasteiger partial charge in [0.25, 0.3) is 5.91 Å². The van der Waals surface area contributed by atoms with Gasteiger partial charge in [0.1, 0.15) is 29.1 Å². The fourth-order valence-electron chi connectivity index (χ4n) is 2.10. The van der Waals surface area contributed by atoms with Gasteiger partial charge in [0.05, 0.1) is 0 Å². The molecule has 0 bridgehead atoms. The largest absolute Gasteiger partial charge is 0.368 e. The first-order valence-corrected chi connectivity index (χ1v) is 7.57. The number of hydrogen-bond acceptors (Lipinski definition) is 2. The maximum Gasteiger partial charge on any atom is 0.257 e. The molecule has 2 aromatic rings. The third-order valence-electron chi connectivity index (χ3n) is 3.26. The van der Waals surface area contributed by atoms with E-state index in [2.05, 4.69) is 21.2 Å². The molecule has 8 heteroatoms. The zero-order chi connectivity index (χ0) is 17.9. The second kappa shape index (κ2) is 7.48. The third kappa shape index (κ3) is 4.14. The zero-order valence-electron chi connectivity index (χ0n) is 12.2. The first-order chi connectivity index (χ1) is 11.3. The summed E-state index contributed by atoms with van der Waals surface area (Å²) in [7, 11) is 0. The van der Waals surface area contributed by atoms with Crippen molar-refractivity contribution < 1.29 is 22.8 Å². The summed E-state index contributed by atoms with van der Waals surface area (Å²) >= 11 is 3.29. The van der Waals surface area contributed by atoms with E-state index < -0.39 is 40.9 Å². The van der Waals surface area contributed by atoms with Gasteiger partial charge in [-0.15, -0.1) is 0 Å². The normalized spacial score (nSPS) is 11.8. The summed E-state index contributed by atoms with van der Waals surface area (Å²) in [5, 5.41) is 2.17. The quantitative estimate of drug-likeness (QED) is 0.809. The van der Waals surface area contributed by atoms with Gasteiger partial charge in [-0.3, -0.25) is 9.59 Å². The number of hydrogen-bond donors (Lipinski definition) is 2. The van der Waals surface area contributed by atoms with Crippen LogP contribution in [-0.4, -0.2) is 17.9 Å². The molecule has 0 aliphatic carbocycles. The van der Waals surface area contributed by atoms with Gasteiger partial charge in [0.15, 0.2) is 0 Å². The summed E-state index contributed by atoms with van der Waals surface area (Å²) in [6.45, 7) is 0. The molecule has 1 atom stereocenters. The van der Waals surface area contributed by atoms with Gasteiger partial charge in [-0.2, -0.15) is 0 Å². The Hall–Kier alpha value is -2.35. The number of amides is 2. The van der Waals surface area contributed by atoms with Crippen LogP contribution in [0.2, 0.25) is 0 Å². The van der Waals surface area contributed by atoms with Gasteiger partial charge in [-0.05, 0) is 11.6 Å². The van der Waals surface area contributed by atoms with Crippen molar-refractivity contribution in [3.05, 3.63) is 69.4 Å². The van der Waals surface area contributed by atoms with Crippen LogP contribution in [0.15, 0.2) is 40.9 Å². The van der Waals surface area contributed by atoms with E-state index in [-0.39, 0.29) is 6.42 Å².